The van der Waals surface area contributed by atoms with E-state index in [1.165, 1.54) is 12.3 Å². The SMILES string of the molecule is NCC(Cc1ccccc1)NS(=O)(=O)c1ccn[nH]1. The van der Waals surface area contributed by atoms with Gasteiger partial charge in [-0.2, -0.15) is 5.10 Å². The molecule has 19 heavy (non-hydrogen) atoms. The summed E-state index contributed by atoms with van der Waals surface area (Å²) in [5.41, 5.74) is 6.66. The van der Waals surface area contributed by atoms with Gasteiger partial charge >= 0.3 is 0 Å². The van der Waals surface area contributed by atoms with E-state index in [2.05, 4.69) is 14.9 Å². The Morgan fingerprint density at radius 1 is 1.26 bits per heavy atom. The summed E-state index contributed by atoms with van der Waals surface area (Å²) in [4.78, 5) is 0. The van der Waals surface area contributed by atoms with Crippen molar-refractivity contribution in [2.24, 2.45) is 5.73 Å². The van der Waals surface area contributed by atoms with E-state index in [0.717, 1.165) is 5.56 Å². The van der Waals surface area contributed by atoms with Gasteiger partial charge in [0.15, 0.2) is 5.03 Å². The molecule has 0 saturated heterocycles. The largest absolute Gasteiger partial charge is 0.329 e. The first-order valence-corrected chi connectivity index (χ1v) is 7.36. The summed E-state index contributed by atoms with van der Waals surface area (Å²) in [6.45, 7) is 0.224. The van der Waals surface area contributed by atoms with Gasteiger partial charge in [0.25, 0.3) is 10.0 Å². The van der Waals surface area contributed by atoms with Crippen molar-refractivity contribution in [1.29, 1.82) is 0 Å². The van der Waals surface area contributed by atoms with Gasteiger partial charge < -0.3 is 5.73 Å². The van der Waals surface area contributed by atoms with Gasteiger partial charge in [0, 0.05) is 12.6 Å². The summed E-state index contributed by atoms with van der Waals surface area (Å²) in [6, 6.07) is 10.7. The zero-order valence-corrected chi connectivity index (χ0v) is 11.1. The molecule has 0 amide bonds. The lowest BCUT2D eigenvalue weighted by Gasteiger charge is -2.16. The fraction of sp³-hybridized carbons (Fsp3) is 0.250. The average Bonchev–Trinajstić information content (AvgIpc) is 2.93. The minimum atomic E-state index is -3.60. The lowest BCUT2D eigenvalue weighted by atomic mass is 10.1. The van der Waals surface area contributed by atoms with E-state index in [0.29, 0.717) is 6.42 Å². The third-order valence-electron chi connectivity index (χ3n) is 2.70. The summed E-state index contributed by atoms with van der Waals surface area (Å²) in [6.07, 6.45) is 1.94. The van der Waals surface area contributed by atoms with Crippen LogP contribution in [0.3, 0.4) is 0 Å². The molecule has 0 fully saturated rings. The van der Waals surface area contributed by atoms with E-state index in [-0.39, 0.29) is 17.6 Å². The predicted octanol–water partition coefficient (Wildman–Crippen LogP) is 0.258. The van der Waals surface area contributed by atoms with E-state index in [4.69, 9.17) is 5.73 Å². The second-order valence-electron chi connectivity index (χ2n) is 4.16. The Kier molecular flexibility index (Phi) is 4.31. The molecule has 4 N–H and O–H groups in total. The molecule has 6 nitrogen and oxygen atoms in total. The van der Waals surface area contributed by atoms with Gasteiger partial charge in [-0.05, 0) is 18.1 Å². The molecule has 1 unspecified atom stereocenters. The summed E-state index contributed by atoms with van der Waals surface area (Å²) in [5, 5.41) is 6.10. The van der Waals surface area contributed by atoms with Gasteiger partial charge in [-0.25, -0.2) is 13.1 Å². The maximum Gasteiger partial charge on any atom is 0.257 e. The van der Waals surface area contributed by atoms with Crippen molar-refractivity contribution in [3.63, 3.8) is 0 Å². The summed E-state index contributed by atoms with van der Waals surface area (Å²) >= 11 is 0. The molecular weight excluding hydrogens is 264 g/mol. The maximum absolute atomic E-state index is 12.0. The molecule has 0 aliphatic rings. The number of sulfonamides is 1. The number of nitrogens with two attached hydrogens (primary N) is 1. The van der Waals surface area contributed by atoms with Crippen molar-refractivity contribution in [2.75, 3.05) is 6.54 Å². The van der Waals surface area contributed by atoms with Crippen molar-refractivity contribution < 1.29 is 8.42 Å². The smallest absolute Gasteiger partial charge is 0.257 e. The number of hydrogen-bond donors (Lipinski definition) is 3. The van der Waals surface area contributed by atoms with Crippen LogP contribution in [-0.4, -0.2) is 31.2 Å². The van der Waals surface area contributed by atoms with Crippen LogP contribution in [0.15, 0.2) is 47.6 Å². The summed E-state index contributed by atoms with van der Waals surface area (Å²) in [7, 11) is -3.60. The van der Waals surface area contributed by atoms with Crippen LogP contribution in [0.1, 0.15) is 5.56 Å². The Bertz CT molecular complexity index is 596. The van der Waals surface area contributed by atoms with Gasteiger partial charge in [0.1, 0.15) is 0 Å². The first kappa shape index (κ1) is 13.7. The Balaban J connectivity index is 2.08. The van der Waals surface area contributed by atoms with Gasteiger partial charge in [0.05, 0.1) is 6.20 Å². The second kappa shape index (κ2) is 5.96. The Morgan fingerprint density at radius 2 is 2.00 bits per heavy atom. The summed E-state index contributed by atoms with van der Waals surface area (Å²) < 4.78 is 26.6. The molecule has 0 radical (unpaired) electrons. The summed E-state index contributed by atoms with van der Waals surface area (Å²) in [5.74, 6) is 0. The van der Waals surface area contributed by atoms with Gasteiger partial charge in [-0.3, -0.25) is 5.10 Å². The van der Waals surface area contributed by atoms with E-state index in [1.807, 2.05) is 30.3 Å². The number of hydrogen-bond acceptors (Lipinski definition) is 4. The number of nitrogens with one attached hydrogen (secondary N) is 2. The first-order chi connectivity index (χ1) is 9.12. The van der Waals surface area contributed by atoms with Crippen molar-refractivity contribution in [3.05, 3.63) is 48.2 Å². The highest BCUT2D eigenvalue weighted by Crippen LogP contribution is 2.07. The van der Waals surface area contributed by atoms with Crippen LogP contribution in [0.2, 0.25) is 0 Å². The molecule has 2 rings (SSSR count). The van der Waals surface area contributed by atoms with Crippen LogP contribution in [0.4, 0.5) is 0 Å². The zero-order chi connectivity index (χ0) is 13.7. The molecular formula is C12H16N4O2S. The van der Waals surface area contributed by atoms with Crippen molar-refractivity contribution >= 4 is 10.0 Å². The van der Waals surface area contributed by atoms with Crippen LogP contribution >= 0.6 is 0 Å². The fourth-order valence-corrected chi connectivity index (χ4v) is 2.91. The molecule has 7 heteroatoms. The molecule has 0 spiro atoms. The Labute approximate surface area is 112 Å². The van der Waals surface area contributed by atoms with Crippen molar-refractivity contribution in [3.8, 4) is 0 Å². The topological polar surface area (TPSA) is 101 Å². The highest BCUT2D eigenvalue weighted by molar-refractivity contribution is 7.89. The standard InChI is InChI=1S/C12H16N4O2S/c13-9-11(8-10-4-2-1-3-5-10)16-19(17,18)12-6-7-14-15-12/h1-7,11,16H,8-9,13H2,(H,14,15). The molecule has 102 valence electrons. The second-order valence-corrected chi connectivity index (χ2v) is 5.85. The Hall–Kier alpha value is -1.70. The molecule has 0 bridgehead atoms. The monoisotopic (exact) mass is 280 g/mol. The molecule has 2 aromatic rings. The number of nitrogens with zero attached hydrogens (tertiary/aromatic N) is 1. The minimum Gasteiger partial charge on any atom is -0.329 e. The van der Waals surface area contributed by atoms with E-state index in [9.17, 15) is 8.42 Å². The maximum atomic E-state index is 12.0. The molecule has 1 atom stereocenters. The zero-order valence-electron chi connectivity index (χ0n) is 10.3. The van der Waals surface area contributed by atoms with Crippen LogP contribution in [0.25, 0.3) is 0 Å². The van der Waals surface area contributed by atoms with Gasteiger partial charge in [-0.1, -0.05) is 30.3 Å². The molecule has 1 heterocycles. The molecule has 1 aromatic heterocycles. The average molecular weight is 280 g/mol. The number of H-pyrrole nitrogens is 1. The number of aromatic amines is 1. The van der Waals surface area contributed by atoms with Crippen LogP contribution in [0.5, 0.6) is 0 Å². The lowest BCUT2D eigenvalue weighted by molar-refractivity contribution is 0.544. The quantitative estimate of drug-likeness (QED) is 0.706. The molecule has 0 saturated carbocycles. The first-order valence-electron chi connectivity index (χ1n) is 5.87. The van der Waals surface area contributed by atoms with Crippen LogP contribution < -0.4 is 10.5 Å². The van der Waals surface area contributed by atoms with E-state index >= 15 is 0 Å². The van der Waals surface area contributed by atoms with Crippen LogP contribution in [0, 0.1) is 0 Å². The van der Waals surface area contributed by atoms with Gasteiger partial charge in [0.2, 0.25) is 0 Å². The fourth-order valence-electron chi connectivity index (χ4n) is 1.75. The third-order valence-corrected chi connectivity index (χ3v) is 4.15. The lowest BCUT2D eigenvalue weighted by Crippen LogP contribution is -2.41. The molecule has 0 aliphatic heterocycles. The van der Waals surface area contributed by atoms with Crippen molar-refractivity contribution in [2.45, 2.75) is 17.5 Å². The normalized spacial score (nSPS) is 13.3. The number of benzene rings is 1. The van der Waals surface area contributed by atoms with Crippen molar-refractivity contribution in [1.82, 2.24) is 14.9 Å². The van der Waals surface area contributed by atoms with E-state index in [1.54, 1.807) is 0 Å². The highest BCUT2D eigenvalue weighted by atomic mass is 32.2. The highest BCUT2D eigenvalue weighted by Gasteiger charge is 2.20. The van der Waals surface area contributed by atoms with Crippen LogP contribution in [-0.2, 0) is 16.4 Å². The molecule has 1 aromatic carbocycles. The minimum absolute atomic E-state index is 0.0408. The predicted molar refractivity (Wildman–Crippen MR) is 71.9 cm³/mol. The van der Waals surface area contributed by atoms with Gasteiger partial charge in [-0.15, -0.1) is 0 Å². The third kappa shape index (κ3) is 3.63. The molecule has 0 aliphatic carbocycles. The number of rotatable bonds is 6. The number of aromatic nitrogens is 2. The van der Waals surface area contributed by atoms with E-state index < -0.39 is 10.0 Å². The Morgan fingerprint density at radius 3 is 2.58 bits per heavy atom.